The van der Waals surface area contributed by atoms with Gasteiger partial charge in [-0.2, -0.15) is 4.40 Å². The molecule has 2 heterocycles. The lowest BCUT2D eigenvalue weighted by Crippen LogP contribution is -2.50. The van der Waals surface area contributed by atoms with Crippen molar-refractivity contribution < 1.29 is 13.7 Å². The smallest absolute Gasteiger partial charge is 0.251 e. The van der Waals surface area contributed by atoms with Crippen molar-refractivity contribution in [3.63, 3.8) is 0 Å². The van der Waals surface area contributed by atoms with Crippen molar-refractivity contribution >= 4 is 28.6 Å². The number of aryl methyl sites for hydroxylation is 1. The summed E-state index contributed by atoms with van der Waals surface area (Å²) in [4.78, 5) is 17.0. The van der Waals surface area contributed by atoms with Crippen LogP contribution in [0.15, 0.2) is 40.9 Å². The zero-order chi connectivity index (χ0) is 20.4. The molecule has 2 aromatic rings. The van der Waals surface area contributed by atoms with Crippen molar-refractivity contribution in [3.8, 4) is 5.75 Å². The van der Waals surface area contributed by atoms with Gasteiger partial charge in [-0.15, -0.1) is 0 Å². The van der Waals surface area contributed by atoms with Gasteiger partial charge in [-0.3, -0.25) is 14.5 Å². The lowest BCUT2D eigenvalue weighted by Gasteiger charge is -2.31. The van der Waals surface area contributed by atoms with Gasteiger partial charge >= 0.3 is 0 Å². The van der Waals surface area contributed by atoms with Crippen molar-refractivity contribution in [2.75, 3.05) is 11.3 Å². The molecule has 1 aliphatic carbocycles. The Labute approximate surface area is 171 Å². The number of nitrogens with zero attached hydrogens (tertiary/aromatic N) is 2. The van der Waals surface area contributed by atoms with E-state index in [1.54, 1.807) is 36.5 Å². The van der Waals surface area contributed by atoms with Crippen LogP contribution in [0.5, 0.6) is 5.75 Å². The Morgan fingerprint density at radius 1 is 1.34 bits per heavy atom. The third kappa shape index (κ3) is 4.09. The second-order valence-electron chi connectivity index (χ2n) is 7.42. The summed E-state index contributed by atoms with van der Waals surface area (Å²) in [6.07, 6.45) is 5.36. The van der Waals surface area contributed by atoms with Crippen LogP contribution in [0.1, 0.15) is 47.3 Å². The highest BCUT2D eigenvalue weighted by atomic mass is 32.2. The van der Waals surface area contributed by atoms with Crippen LogP contribution in [-0.4, -0.2) is 33.1 Å². The SMILES string of the molecule is Cc1cc(C(=O)NC2(COc3cccc4c3C(N)=NS(=O)N4)CCCC2)ccn1. The van der Waals surface area contributed by atoms with Gasteiger partial charge < -0.3 is 15.8 Å². The van der Waals surface area contributed by atoms with E-state index in [0.717, 1.165) is 31.4 Å². The Morgan fingerprint density at radius 2 is 2.14 bits per heavy atom. The molecule has 1 aromatic heterocycles. The topological polar surface area (TPSA) is 119 Å². The quantitative estimate of drug-likeness (QED) is 0.694. The third-order valence-electron chi connectivity index (χ3n) is 5.26. The predicted molar refractivity (Wildman–Crippen MR) is 112 cm³/mol. The molecule has 1 aromatic carbocycles. The predicted octanol–water partition coefficient (Wildman–Crippen LogP) is 2.22. The first-order valence-electron chi connectivity index (χ1n) is 9.50. The van der Waals surface area contributed by atoms with E-state index >= 15 is 0 Å². The summed E-state index contributed by atoms with van der Waals surface area (Å²) in [5.74, 6) is 0.590. The number of hydrogen-bond donors (Lipinski definition) is 3. The molecule has 2 aliphatic rings. The second kappa shape index (κ2) is 7.82. The monoisotopic (exact) mass is 413 g/mol. The number of amidine groups is 1. The van der Waals surface area contributed by atoms with E-state index in [2.05, 4.69) is 19.4 Å². The molecule has 1 amide bonds. The van der Waals surface area contributed by atoms with Crippen molar-refractivity contribution in [2.24, 2.45) is 10.1 Å². The first-order chi connectivity index (χ1) is 14.0. The number of carbonyl (C=O) groups is 1. The van der Waals surface area contributed by atoms with Gasteiger partial charge in [0, 0.05) is 17.5 Å². The highest BCUT2D eigenvalue weighted by Crippen LogP contribution is 2.34. The zero-order valence-electron chi connectivity index (χ0n) is 16.1. The molecule has 8 nitrogen and oxygen atoms in total. The molecular formula is C20H23N5O3S. The van der Waals surface area contributed by atoms with Crippen molar-refractivity contribution in [1.29, 1.82) is 0 Å². The summed E-state index contributed by atoms with van der Waals surface area (Å²) in [6.45, 7) is 2.17. The maximum atomic E-state index is 12.8. The number of carbonyl (C=O) groups excluding carboxylic acids is 1. The van der Waals surface area contributed by atoms with Crippen molar-refractivity contribution in [2.45, 2.75) is 38.1 Å². The van der Waals surface area contributed by atoms with Crippen LogP contribution < -0.4 is 20.5 Å². The molecule has 4 rings (SSSR count). The molecule has 1 saturated carbocycles. The molecule has 4 N–H and O–H groups in total. The first-order valence-corrected chi connectivity index (χ1v) is 10.6. The number of rotatable bonds is 5. The summed E-state index contributed by atoms with van der Waals surface area (Å²) in [5, 5.41) is 3.19. The Kier molecular flexibility index (Phi) is 5.23. The fraction of sp³-hybridized carbons (Fsp3) is 0.350. The first kappa shape index (κ1) is 19.4. The van der Waals surface area contributed by atoms with Crippen molar-refractivity contribution in [1.82, 2.24) is 10.3 Å². The minimum atomic E-state index is -1.59. The number of nitrogens with two attached hydrogens (primary N) is 1. The molecule has 9 heteroatoms. The largest absolute Gasteiger partial charge is 0.490 e. The van der Waals surface area contributed by atoms with Crippen molar-refractivity contribution in [3.05, 3.63) is 53.3 Å². The molecule has 0 spiro atoms. The van der Waals surface area contributed by atoms with Crippen LogP contribution in [0.4, 0.5) is 5.69 Å². The highest BCUT2D eigenvalue weighted by molar-refractivity contribution is 7.85. The van der Waals surface area contributed by atoms with E-state index in [-0.39, 0.29) is 11.7 Å². The maximum absolute atomic E-state index is 12.8. The maximum Gasteiger partial charge on any atom is 0.251 e. The summed E-state index contributed by atoms with van der Waals surface area (Å²) in [5.41, 5.74) is 8.13. The van der Waals surface area contributed by atoms with E-state index in [0.29, 0.717) is 29.2 Å². The van der Waals surface area contributed by atoms with Gasteiger partial charge in [0.05, 0.1) is 16.8 Å². The van der Waals surface area contributed by atoms with E-state index in [1.165, 1.54) is 0 Å². The molecule has 1 aliphatic heterocycles. The lowest BCUT2D eigenvalue weighted by molar-refractivity contribution is 0.0854. The van der Waals surface area contributed by atoms with E-state index < -0.39 is 16.7 Å². The molecule has 1 fully saturated rings. The number of pyridine rings is 1. The molecular weight excluding hydrogens is 390 g/mol. The van der Waals surface area contributed by atoms with Crippen LogP contribution >= 0.6 is 0 Å². The lowest BCUT2D eigenvalue weighted by atomic mass is 9.98. The number of benzene rings is 1. The van der Waals surface area contributed by atoms with Gasteiger partial charge in [0.15, 0.2) is 0 Å². The molecule has 0 bridgehead atoms. The number of hydrogen-bond acceptors (Lipinski definition) is 5. The third-order valence-corrected chi connectivity index (χ3v) is 6.02. The van der Waals surface area contributed by atoms with Crippen LogP contribution in [0, 0.1) is 6.92 Å². The Balaban J connectivity index is 1.53. The van der Waals surface area contributed by atoms with Crippen LogP contribution in [0.3, 0.4) is 0 Å². The average Bonchev–Trinajstić information content (AvgIpc) is 3.14. The van der Waals surface area contributed by atoms with Gasteiger partial charge in [-0.1, -0.05) is 18.9 Å². The number of fused-ring (bicyclic) bond motifs is 1. The summed E-state index contributed by atoms with van der Waals surface area (Å²) in [6, 6.07) is 8.86. The van der Waals surface area contributed by atoms with E-state index in [9.17, 15) is 9.00 Å². The van der Waals surface area contributed by atoms with Crippen LogP contribution in [-0.2, 0) is 11.2 Å². The average molecular weight is 414 g/mol. The van der Waals surface area contributed by atoms with Crippen LogP contribution in [0.25, 0.3) is 0 Å². The zero-order valence-corrected chi connectivity index (χ0v) is 16.9. The van der Waals surface area contributed by atoms with Gasteiger partial charge in [0.2, 0.25) is 11.2 Å². The van der Waals surface area contributed by atoms with Gasteiger partial charge in [-0.25, -0.2) is 4.21 Å². The van der Waals surface area contributed by atoms with Gasteiger partial charge in [0.25, 0.3) is 5.91 Å². The molecule has 1 atom stereocenters. The minimum Gasteiger partial charge on any atom is -0.490 e. The standard InChI is InChI=1S/C20H23N5O3S/c1-13-11-14(7-10-22-13)19(26)23-20(8-2-3-9-20)12-28-16-6-4-5-15-17(16)18(21)25-29(27)24-15/h4-7,10-11,24H,2-3,8-9,12H2,1H3,(H2,21,25)(H,23,26). The highest BCUT2D eigenvalue weighted by Gasteiger charge is 2.37. The minimum absolute atomic E-state index is 0.130. The second-order valence-corrected chi connectivity index (χ2v) is 8.31. The summed E-state index contributed by atoms with van der Waals surface area (Å²) in [7, 11) is 0. The number of nitrogens with one attached hydrogen (secondary N) is 2. The number of ether oxygens (including phenoxy) is 1. The molecule has 1 unspecified atom stereocenters. The molecule has 29 heavy (non-hydrogen) atoms. The normalized spacial score (nSPS) is 19.6. The number of amides is 1. The van der Waals surface area contributed by atoms with Crippen LogP contribution in [0.2, 0.25) is 0 Å². The number of aromatic nitrogens is 1. The Bertz CT molecular complexity index is 1000. The Morgan fingerprint density at radius 3 is 2.90 bits per heavy atom. The Hall–Kier alpha value is -2.94. The van der Waals surface area contributed by atoms with Gasteiger partial charge in [-0.05, 0) is 44.0 Å². The summed E-state index contributed by atoms with van der Waals surface area (Å²) < 4.78 is 24.5. The molecule has 0 saturated heterocycles. The fourth-order valence-electron chi connectivity index (χ4n) is 3.83. The number of anilines is 1. The molecule has 152 valence electrons. The molecule has 0 radical (unpaired) electrons. The fourth-order valence-corrected chi connectivity index (χ4v) is 4.50. The van der Waals surface area contributed by atoms with Gasteiger partial charge in [0.1, 0.15) is 18.2 Å². The summed E-state index contributed by atoms with van der Waals surface area (Å²) >= 11 is -1.59. The van der Waals surface area contributed by atoms with E-state index in [4.69, 9.17) is 10.5 Å². The van der Waals surface area contributed by atoms with E-state index in [1.807, 2.05) is 6.92 Å².